The first-order valence-corrected chi connectivity index (χ1v) is 6.25. The van der Waals surface area contributed by atoms with Gasteiger partial charge >= 0.3 is 5.97 Å². The van der Waals surface area contributed by atoms with E-state index >= 15 is 0 Å². The molecule has 0 spiro atoms. The van der Waals surface area contributed by atoms with Gasteiger partial charge in [0.1, 0.15) is 0 Å². The number of hydrogen-bond acceptors (Lipinski definition) is 2. The number of hydrogen-bond donors (Lipinski definition) is 2. The van der Waals surface area contributed by atoms with Crippen LogP contribution in [0, 0.1) is 11.8 Å². The topological polar surface area (TPSA) is 49.3 Å². The van der Waals surface area contributed by atoms with E-state index in [1.54, 1.807) is 0 Å². The van der Waals surface area contributed by atoms with E-state index in [9.17, 15) is 9.90 Å². The molecule has 0 aliphatic carbocycles. The van der Waals surface area contributed by atoms with Crippen molar-refractivity contribution in [3.8, 4) is 0 Å². The third kappa shape index (κ3) is 3.30. The molecule has 1 fully saturated rings. The van der Waals surface area contributed by atoms with Gasteiger partial charge in [-0.2, -0.15) is 0 Å². The lowest BCUT2D eigenvalue weighted by molar-refractivity contribution is -0.143. The van der Waals surface area contributed by atoms with Crippen molar-refractivity contribution in [1.82, 2.24) is 5.32 Å². The van der Waals surface area contributed by atoms with Gasteiger partial charge in [-0.05, 0) is 43.8 Å². The minimum Gasteiger partial charge on any atom is -0.481 e. The van der Waals surface area contributed by atoms with Gasteiger partial charge in [-0.1, -0.05) is 30.3 Å². The lowest BCUT2D eigenvalue weighted by Gasteiger charge is -2.21. The molecule has 1 heterocycles. The average Bonchev–Trinajstić information content (AvgIpc) is 2.56. The maximum absolute atomic E-state index is 11.3. The lowest BCUT2D eigenvalue weighted by atomic mass is 9.83. The van der Waals surface area contributed by atoms with Crippen molar-refractivity contribution < 1.29 is 9.90 Å². The molecule has 0 radical (unpaired) electrons. The van der Waals surface area contributed by atoms with Gasteiger partial charge in [0.15, 0.2) is 0 Å². The van der Waals surface area contributed by atoms with Gasteiger partial charge in [-0.15, -0.1) is 0 Å². The third-order valence-corrected chi connectivity index (χ3v) is 3.55. The Hall–Kier alpha value is -1.35. The third-order valence-electron chi connectivity index (χ3n) is 3.55. The summed E-state index contributed by atoms with van der Waals surface area (Å²) in [6, 6.07) is 10.2. The summed E-state index contributed by atoms with van der Waals surface area (Å²) in [4.78, 5) is 11.3. The van der Waals surface area contributed by atoms with E-state index in [-0.39, 0.29) is 11.8 Å². The molecule has 1 aromatic rings. The first-order chi connectivity index (χ1) is 8.27. The maximum atomic E-state index is 11.3. The summed E-state index contributed by atoms with van der Waals surface area (Å²) in [6.45, 7) is 1.75. The van der Waals surface area contributed by atoms with Crippen LogP contribution in [0.4, 0.5) is 0 Å². The Bertz CT molecular complexity index is 364. The van der Waals surface area contributed by atoms with Crippen LogP contribution in [0.15, 0.2) is 30.3 Å². The van der Waals surface area contributed by atoms with Gasteiger partial charge in [0.25, 0.3) is 0 Å². The molecule has 3 heteroatoms. The summed E-state index contributed by atoms with van der Waals surface area (Å²) in [5.74, 6) is -0.593. The fourth-order valence-corrected chi connectivity index (χ4v) is 2.59. The van der Waals surface area contributed by atoms with E-state index in [4.69, 9.17) is 0 Å². The normalized spacial score (nSPS) is 25.2. The molecule has 0 saturated carbocycles. The molecule has 2 unspecified atom stereocenters. The number of carboxylic acid groups (broad SMARTS) is 1. The van der Waals surface area contributed by atoms with Crippen molar-refractivity contribution in [3.63, 3.8) is 0 Å². The average molecular weight is 233 g/mol. The van der Waals surface area contributed by atoms with Crippen LogP contribution in [0.2, 0.25) is 0 Å². The Morgan fingerprint density at radius 1 is 1.24 bits per heavy atom. The van der Waals surface area contributed by atoms with Crippen molar-refractivity contribution >= 4 is 5.97 Å². The second-order valence-corrected chi connectivity index (χ2v) is 4.72. The number of rotatable bonds is 3. The summed E-state index contributed by atoms with van der Waals surface area (Å²) in [5, 5.41) is 12.6. The Labute approximate surface area is 102 Å². The molecule has 3 nitrogen and oxygen atoms in total. The summed E-state index contributed by atoms with van der Waals surface area (Å²) in [7, 11) is 0. The molecule has 0 bridgehead atoms. The zero-order valence-electron chi connectivity index (χ0n) is 9.93. The first kappa shape index (κ1) is 12.1. The molecular formula is C14H19NO2. The molecule has 1 aliphatic rings. The van der Waals surface area contributed by atoms with E-state index in [0.29, 0.717) is 0 Å². The van der Waals surface area contributed by atoms with Gasteiger partial charge in [0.2, 0.25) is 0 Å². The Kier molecular flexibility index (Phi) is 4.15. The minimum atomic E-state index is -0.644. The molecule has 2 N–H and O–H groups in total. The summed E-state index contributed by atoms with van der Waals surface area (Å²) < 4.78 is 0. The van der Waals surface area contributed by atoms with Gasteiger partial charge < -0.3 is 10.4 Å². The summed E-state index contributed by atoms with van der Waals surface area (Å²) in [6.07, 6.45) is 2.57. The smallest absolute Gasteiger partial charge is 0.306 e. The fourth-order valence-electron chi connectivity index (χ4n) is 2.59. The zero-order chi connectivity index (χ0) is 12.1. The van der Waals surface area contributed by atoms with Crippen LogP contribution in [0.5, 0.6) is 0 Å². The van der Waals surface area contributed by atoms with E-state index in [1.807, 2.05) is 18.2 Å². The largest absolute Gasteiger partial charge is 0.481 e. The van der Waals surface area contributed by atoms with Gasteiger partial charge in [-0.25, -0.2) is 0 Å². The molecule has 1 saturated heterocycles. The molecule has 17 heavy (non-hydrogen) atoms. The standard InChI is InChI=1S/C14H19NO2/c16-14(17)13-7-9-15-8-6-12(13)10-11-4-2-1-3-5-11/h1-5,12-13,15H,6-10H2,(H,16,17). The second-order valence-electron chi connectivity index (χ2n) is 4.72. The van der Waals surface area contributed by atoms with Crippen molar-refractivity contribution in [2.24, 2.45) is 11.8 Å². The number of aliphatic carboxylic acids is 1. The van der Waals surface area contributed by atoms with E-state index in [0.717, 1.165) is 32.4 Å². The van der Waals surface area contributed by atoms with Crippen LogP contribution in [0.3, 0.4) is 0 Å². The number of benzene rings is 1. The first-order valence-electron chi connectivity index (χ1n) is 6.25. The molecule has 1 aromatic carbocycles. The minimum absolute atomic E-state index is 0.204. The van der Waals surface area contributed by atoms with Crippen molar-refractivity contribution in [3.05, 3.63) is 35.9 Å². The Morgan fingerprint density at radius 3 is 2.65 bits per heavy atom. The number of carbonyl (C=O) groups is 1. The Morgan fingerprint density at radius 2 is 1.94 bits per heavy atom. The fraction of sp³-hybridized carbons (Fsp3) is 0.500. The quantitative estimate of drug-likeness (QED) is 0.838. The maximum Gasteiger partial charge on any atom is 0.306 e. The highest BCUT2D eigenvalue weighted by Crippen LogP contribution is 2.25. The molecule has 92 valence electrons. The molecule has 1 aliphatic heterocycles. The molecule has 2 atom stereocenters. The van der Waals surface area contributed by atoms with Gasteiger partial charge in [0.05, 0.1) is 5.92 Å². The Balaban J connectivity index is 2.07. The lowest BCUT2D eigenvalue weighted by Crippen LogP contribution is -2.25. The van der Waals surface area contributed by atoms with Crippen LogP contribution in [-0.4, -0.2) is 24.2 Å². The van der Waals surface area contributed by atoms with E-state index in [1.165, 1.54) is 5.56 Å². The van der Waals surface area contributed by atoms with Gasteiger partial charge in [-0.3, -0.25) is 4.79 Å². The summed E-state index contributed by atoms with van der Waals surface area (Å²) in [5.41, 5.74) is 1.24. The van der Waals surface area contributed by atoms with Crippen LogP contribution in [0.1, 0.15) is 18.4 Å². The van der Waals surface area contributed by atoms with Crippen LogP contribution < -0.4 is 5.32 Å². The predicted molar refractivity (Wildman–Crippen MR) is 66.9 cm³/mol. The van der Waals surface area contributed by atoms with Crippen LogP contribution in [0.25, 0.3) is 0 Å². The van der Waals surface area contributed by atoms with Crippen molar-refractivity contribution in [2.45, 2.75) is 19.3 Å². The highest BCUT2D eigenvalue weighted by molar-refractivity contribution is 5.70. The van der Waals surface area contributed by atoms with Gasteiger partial charge in [0, 0.05) is 0 Å². The highest BCUT2D eigenvalue weighted by Gasteiger charge is 2.29. The number of carboxylic acids is 1. The van der Waals surface area contributed by atoms with Crippen molar-refractivity contribution in [1.29, 1.82) is 0 Å². The molecule has 0 aromatic heterocycles. The van der Waals surface area contributed by atoms with E-state index < -0.39 is 5.97 Å². The molecule has 0 amide bonds. The molecular weight excluding hydrogens is 214 g/mol. The van der Waals surface area contributed by atoms with Crippen molar-refractivity contribution in [2.75, 3.05) is 13.1 Å². The predicted octanol–water partition coefficient (Wildman–Crippen LogP) is 1.93. The highest BCUT2D eigenvalue weighted by atomic mass is 16.4. The zero-order valence-corrected chi connectivity index (χ0v) is 9.93. The summed E-state index contributed by atoms with van der Waals surface area (Å²) >= 11 is 0. The SMILES string of the molecule is O=C(O)C1CCNCCC1Cc1ccccc1. The van der Waals surface area contributed by atoms with Crippen LogP contribution in [-0.2, 0) is 11.2 Å². The second kappa shape index (κ2) is 5.82. The van der Waals surface area contributed by atoms with E-state index in [2.05, 4.69) is 17.4 Å². The molecule has 2 rings (SSSR count). The monoisotopic (exact) mass is 233 g/mol. The van der Waals surface area contributed by atoms with Crippen LogP contribution >= 0.6 is 0 Å². The number of nitrogens with one attached hydrogen (secondary N) is 1.